The quantitative estimate of drug-likeness (QED) is 0.650. The van der Waals surface area contributed by atoms with E-state index in [4.69, 9.17) is 0 Å². The van der Waals surface area contributed by atoms with Gasteiger partial charge in [-0.25, -0.2) is 0 Å². The highest BCUT2D eigenvalue weighted by Gasteiger charge is 2.31. The Labute approximate surface area is 175 Å². The predicted octanol–water partition coefficient (Wildman–Crippen LogP) is 4.14. The van der Waals surface area contributed by atoms with Gasteiger partial charge in [0.1, 0.15) is 10.5 Å². The largest absolute Gasteiger partial charge is 0.336 e. The van der Waals surface area contributed by atoms with E-state index >= 15 is 0 Å². The van der Waals surface area contributed by atoms with Gasteiger partial charge in [-0.2, -0.15) is 0 Å². The normalized spacial score (nSPS) is 17.1. The number of piperazine rings is 1. The van der Waals surface area contributed by atoms with Gasteiger partial charge < -0.3 is 14.4 Å². The average molecular weight is 410 g/mol. The van der Waals surface area contributed by atoms with Crippen LogP contribution in [0.4, 0.5) is 0 Å². The summed E-state index contributed by atoms with van der Waals surface area (Å²) in [4.78, 5) is 30.5. The van der Waals surface area contributed by atoms with Gasteiger partial charge in [-0.15, -0.1) is 11.3 Å². The van der Waals surface area contributed by atoms with Gasteiger partial charge in [0.05, 0.1) is 0 Å². The smallest absolute Gasteiger partial charge is 0.270 e. The van der Waals surface area contributed by atoms with E-state index in [1.807, 2.05) is 41.8 Å². The molecule has 3 aromatic rings. The zero-order chi connectivity index (χ0) is 20.5. The minimum absolute atomic E-state index is 0.0426. The lowest BCUT2D eigenvalue weighted by molar-refractivity contribution is -0.134. The summed E-state index contributed by atoms with van der Waals surface area (Å²) in [6, 6.07) is 12.5. The van der Waals surface area contributed by atoms with E-state index < -0.39 is 0 Å². The number of carbonyl (C=O) groups is 2. The molecule has 0 bridgehead atoms. The lowest BCUT2D eigenvalue weighted by atomic mass is 10.1. The first-order valence-corrected chi connectivity index (χ1v) is 11.1. The monoisotopic (exact) mass is 409 g/mol. The van der Waals surface area contributed by atoms with Crippen molar-refractivity contribution in [3.8, 4) is 0 Å². The molecule has 152 valence electrons. The molecule has 0 saturated carbocycles. The van der Waals surface area contributed by atoms with E-state index in [1.54, 1.807) is 11.3 Å². The number of hydrogen-bond acceptors (Lipinski definition) is 3. The third-order valence-corrected chi connectivity index (χ3v) is 6.80. The second-order valence-corrected chi connectivity index (χ2v) is 8.66. The second kappa shape index (κ2) is 8.03. The van der Waals surface area contributed by atoms with Crippen molar-refractivity contribution in [1.29, 1.82) is 0 Å². The highest BCUT2D eigenvalue weighted by molar-refractivity contribution is 7.16. The molecule has 1 fully saturated rings. The fourth-order valence-electron chi connectivity index (χ4n) is 4.14. The fourth-order valence-corrected chi connectivity index (χ4v) is 5.04. The highest BCUT2D eigenvalue weighted by Crippen LogP contribution is 2.28. The Hall–Kier alpha value is -2.60. The first-order chi connectivity index (χ1) is 14.0. The molecule has 3 heterocycles. The van der Waals surface area contributed by atoms with Crippen LogP contribution in [0.25, 0.3) is 10.2 Å². The van der Waals surface area contributed by atoms with Gasteiger partial charge in [-0.05, 0) is 42.5 Å². The van der Waals surface area contributed by atoms with E-state index in [2.05, 4.69) is 35.1 Å². The summed E-state index contributed by atoms with van der Waals surface area (Å²) in [5, 5.41) is 3.18. The lowest BCUT2D eigenvalue weighted by Crippen LogP contribution is -2.55. The summed E-state index contributed by atoms with van der Waals surface area (Å²) in [5.74, 6) is 0.213. The van der Waals surface area contributed by atoms with Crippen LogP contribution in [0.5, 0.6) is 0 Å². The minimum atomic E-state index is 0.0426. The molecule has 2 aromatic heterocycles. The molecule has 1 aliphatic rings. The summed E-state index contributed by atoms with van der Waals surface area (Å²) in [7, 11) is 0. The van der Waals surface area contributed by atoms with Crippen LogP contribution in [0.15, 0.2) is 41.8 Å². The van der Waals surface area contributed by atoms with Crippen LogP contribution < -0.4 is 0 Å². The molecule has 0 N–H and O–H groups in total. The lowest BCUT2D eigenvalue weighted by Gasteiger charge is -2.40. The van der Waals surface area contributed by atoms with Crippen LogP contribution in [-0.2, 0) is 11.3 Å². The highest BCUT2D eigenvalue weighted by atomic mass is 32.1. The standard InChI is InChI=1S/C23H27N3O2S/c1-4-21(27)25-11-10-24(14-17(25)3)22(28)20-13-18-9-12-29-23(18)26(20)15-19-8-6-5-7-16(19)2/h5-9,12-13,17H,4,10-11,14-15H2,1-3H3. The Morgan fingerprint density at radius 2 is 1.97 bits per heavy atom. The van der Waals surface area contributed by atoms with Crippen LogP contribution in [0.1, 0.15) is 41.9 Å². The summed E-state index contributed by atoms with van der Waals surface area (Å²) in [5.41, 5.74) is 3.18. The third kappa shape index (κ3) is 3.69. The van der Waals surface area contributed by atoms with Crippen LogP contribution in [0, 0.1) is 6.92 Å². The van der Waals surface area contributed by atoms with Gasteiger partial charge in [0.25, 0.3) is 5.91 Å². The Morgan fingerprint density at radius 1 is 1.17 bits per heavy atom. The number of aromatic nitrogens is 1. The number of thiophene rings is 1. The maximum Gasteiger partial charge on any atom is 0.270 e. The fraction of sp³-hybridized carbons (Fsp3) is 0.391. The topological polar surface area (TPSA) is 45.6 Å². The van der Waals surface area contributed by atoms with Gasteiger partial charge >= 0.3 is 0 Å². The zero-order valence-electron chi connectivity index (χ0n) is 17.2. The average Bonchev–Trinajstić information content (AvgIpc) is 3.31. The Kier molecular flexibility index (Phi) is 5.46. The first kappa shape index (κ1) is 19.7. The molecule has 0 radical (unpaired) electrons. The molecular formula is C23H27N3O2S. The van der Waals surface area contributed by atoms with Crippen molar-refractivity contribution < 1.29 is 9.59 Å². The molecule has 0 spiro atoms. The molecule has 1 saturated heterocycles. The number of rotatable bonds is 4. The van der Waals surface area contributed by atoms with E-state index in [1.165, 1.54) is 11.1 Å². The van der Waals surface area contributed by atoms with Gasteiger partial charge in [0.2, 0.25) is 5.91 Å². The van der Waals surface area contributed by atoms with Crippen molar-refractivity contribution in [3.63, 3.8) is 0 Å². The second-order valence-electron chi connectivity index (χ2n) is 7.76. The summed E-state index contributed by atoms with van der Waals surface area (Å²) in [6.07, 6.45) is 0.508. The number of benzene rings is 1. The van der Waals surface area contributed by atoms with E-state index in [9.17, 15) is 9.59 Å². The van der Waals surface area contributed by atoms with Crippen molar-refractivity contribution in [2.75, 3.05) is 19.6 Å². The van der Waals surface area contributed by atoms with Gasteiger partial charge in [0, 0.05) is 44.0 Å². The molecule has 1 aromatic carbocycles. The minimum Gasteiger partial charge on any atom is -0.336 e. The Bertz CT molecular complexity index is 1050. The third-order valence-electron chi connectivity index (χ3n) is 5.85. The van der Waals surface area contributed by atoms with Crippen molar-refractivity contribution in [3.05, 3.63) is 58.6 Å². The van der Waals surface area contributed by atoms with Crippen LogP contribution in [0.3, 0.4) is 0 Å². The summed E-state index contributed by atoms with van der Waals surface area (Å²) < 4.78 is 2.15. The Balaban J connectivity index is 1.62. The zero-order valence-corrected chi connectivity index (χ0v) is 18.0. The molecule has 1 aliphatic heterocycles. The van der Waals surface area contributed by atoms with E-state index in [0.29, 0.717) is 32.6 Å². The maximum atomic E-state index is 13.5. The van der Waals surface area contributed by atoms with Crippen LogP contribution >= 0.6 is 11.3 Å². The number of carbonyl (C=O) groups excluding carboxylic acids is 2. The number of aryl methyl sites for hydroxylation is 1. The SMILES string of the molecule is CCC(=O)N1CCN(C(=O)c2cc3ccsc3n2Cc2ccccc2C)CC1C. The van der Waals surface area contributed by atoms with Crippen molar-refractivity contribution in [1.82, 2.24) is 14.4 Å². The molecule has 2 amide bonds. The molecule has 29 heavy (non-hydrogen) atoms. The summed E-state index contributed by atoms with van der Waals surface area (Å²) in [6.45, 7) is 8.47. The number of fused-ring (bicyclic) bond motifs is 1. The number of hydrogen-bond donors (Lipinski definition) is 0. The molecular weight excluding hydrogens is 382 g/mol. The molecule has 1 unspecified atom stereocenters. The van der Waals surface area contributed by atoms with Crippen LogP contribution in [0.2, 0.25) is 0 Å². The van der Waals surface area contributed by atoms with E-state index in [-0.39, 0.29) is 17.9 Å². The number of amides is 2. The molecule has 0 aliphatic carbocycles. The number of nitrogens with zero attached hydrogens (tertiary/aromatic N) is 3. The van der Waals surface area contributed by atoms with E-state index in [0.717, 1.165) is 15.9 Å². The van der Waals surface area contributed by atoms with Gasteiger partial charge in [0.15, 0.2) is 0 Å². The molecule has 4 rings (SSSR count). The Morgan fingerprint density at radius 3 is 2.69 bits per heavy atom. The summed E-state index contributed by atoms with van der Waals surface area (Å²) >= 11 is 1.67. The maximum absolute atomic E-state index is 13.5. The molecule has 1 atom stereocenters. The van der Waals surface area contributed by atoms with Gasteiger partial charge in [-0.1, -0.05) is 31.2 Å². The van der Waals surface area contributed by atoms with Crippen LogP contribution in [-0.4, -0.2) is 51.9 Å². The van der Waals surface area contributed by atoms with Crippen molar-refractivity contribution >= 4 is 33.4 Å². The predicted molar refractivity (Wildman–Crippen MR) is 117 cm³/mol. The first-order valence-electron chi connectivity index (χ1n) is 10.2. The van der Waals surface area contributed by atoms with Crippen molar-refractivity contribution in [2.24, 2.45) is 0 Å². The molecule has 6 heteroatoms. The van der Waals surface area contributed by atoms with Gasteiger partial charge in [-0.3, -0.25) is 9.59 Å². The van der Waals surface area contributed by atoms with Crippen molar-refractivity contribution in [2.45, 2.75) is 39.8 Å². The molecule has 5 nitrogen and oxygen atoms in total.